The molecule has 0 aromatic rings. The molecule has 0 saturated carbocycles. The largest absolute Gasteiger partial charge is 0.311 e. The van der Waals surface area contributed by atoms with Crippen LogP contribution in [0.1, 0.15) is 58.8 Å². The molecule has 0 aliphatic heterocycles. The van der Waals surface area contributed by atoms with Crippen molar-refractivity contribution >= 4 is 0 Å². The minimum Gasteiger partial charge on any atom is -0.311 e. The molecule has 15 heavy (non-hydrogen) atoms. The number of nitrogens with one attached hydrogen (secondary N) is 1. The van der Waals surface area contributed by atoms with E-state index in [0.29, 0.717) is 0 Å². The van der Waals surface area contributed by atoms with Crippen molar-refractivity contribution in [1.82, 2.24) is 5.32 Å². The van der Waals surface area contributed by atoms with Gasteiger partial charge in [0.1, 0.15) is 0 Å². The summed E-state index contributed by atoms with van der Waals surface area (Å²) in [7, 11) is 0. The standard InChI is InChI=1S/C12H25F2N/c1-3-4-5-6-7-8-9-10-15-11-12(2,13)14/h15H,3-11H2,1-2H3. The average Bonchev–Trinajstić information content (AvgIpc) is 2.14. The average molecular weight is 221 g/mol. The number of hydrogen-bond acceptors (Lipinski definition) is 1. The summed E-state index contributed by atoms with van der Waals surface area (Å²) in [5.74, 6) is -2.57. The van der Waals surface area contributed by atoms with Crippen molar-refractivity contribution in [2.24, 2.45) is 0 Å². The number of unbranched alkanes of at least 4 members (excludes halogenated alkanes) is 6. The van der Waals surface area contributed by atoms with E-state index in [9.17, 15) is 8.78 Å². The summed E-state index contributed by atoms with van der Waals surface area (Å²) >= 11 is 0. The SMILES string of the molecule is CCCCCCCCCNCC(C)(F)F. The second-order valence-electron chi connectivity index (χ2n) is 4.37. The van der Waals surface area contributed by atoms with E-state index in [1.54, 1.807) is 0 Å². The Morgan fingerprint density at radius 2 is 1.47 bits per heavy atom. The van der Waals surface area contributed by atoms with Crippen LogP contribution in [0.15, 0.2) is 0 Å². The molecule has 0 saturated heterocycles. The summed E-state index contributed by atoms with van der Waals surface area (Å²) in [5, 5.41) is 2.78. The summed E-state index contributed by atoms with van der Waals surface area (Å²) in [6, 6.07) is 0. The Labute approximate surface area is 92.6 Å². The Morgan fingerprint density at radius 1 is 0.933 bits per heavy atom. The van der Waals surface area contributed by atoms with Gasteiger partial charge in [-0.2, -0.15) is 0 Å². The van der Waals surface area contributed by atoms with Crippen LogP contribution in [0.3, 0.4) is 0 Å². The summed E-state index contributed by atoms with van der Waals surface area (Å²) < 4.78 is 24.7. The Kier molecular flexibility index (Phi) is 8.97. The third kappa shape index (κ3) is 13.8. The van der Waals surface area contributed by atoms with Gasteiger partial charge in [-0.25, -0.2) is 8.78 Å². The lowest BCUT2D eigenvalue weighted by Gasteiger charge is -2.10. The number of halogens is 2. The third-order valence-corrected chi connectivity index (χ3v) is 2.39. The van der Waals surface area contributed by atoms with E-state index in [1.807, 2.05) is 0 Å². The number of rotatable bonds is 10. The minimum atomic E-state index is -2.57. The van der Waals surface area contributed by atoms with Crippen LogP contribution < -0.4 is 5.32 Å². The molecule has 0 rings (SSSR count). The molecule has 1 nitrogen and oxygen atoms in total. The normalized spacial score (nSPS) is 12.0. The molecule has 0 aromatic heterocycles. The number of alkyl halides is 2. The molecule has 0 aliphatic carbocycles. The summed E-state index contributed by atoms with van der Waals surface area (Å²) in [4.78, 5) is 0. The fourth-order valence-corrected chi connectivity index (χ4v) is 1.51. The first-order chi connectivity index (χ1) is 7.06. The van der Waals surface area contributed by atoms with Crippen molar-refractivity contribution in [3.05, 3.63) is 0 Å². The zero-order valence-electron chi connectivity index (χ0n) is 10.1. The topological polar surface area (TPSA) is 12.0 Å². The Bertz CT molecular complexity index is 132. The van der Waals surface area contributed by atoms with Gasteiger partial charge in [0.2, 0.25) is 0 Å². The lowest BCUT2D eigenvalue weighted by atomic mass is 10.1. The minimum absolute atomic E-state index is 0.192. The monoisotopic (exact) mass is 221 g/mol. The molecule has 0 heterocycles. The Hall–Kier alpha value is -0.180. The highest BCUT2D eigenvalue weighted by Crippen LogP contribution is 2.09. The van der Waals surface area contributed by atoms with Crippen molar-refractivity contribution in [3.8, 4) is 0 Å². The van der Waals surface area contributed by atoms with Crippen molar-refractivity contribution in [2.75, 3.05) is 13.1 Å². The van der Waals surface area contributed by atoms with Crippen molar-refractivity contribution in [1.29, 1.82) is 0 Å². The molecular formula is C12H25F2N. The molecule has 0 spiro atoms. The molecule has 0 radical (unpaired) electrons. The maximum Gasteiger partial charge on any atom is 0.257 e. The van der Waals surface area contributed by atoms with Gasteiger partial charge in [0.25, 0.3) is 5.92 Å². The van der Waals surface area contributed by atoms with Crippen molar-refractivity contribution in [3.63, 3.8) is 0 Å². The van der Waals surface area contributed by atoms with E-state index in [0.717, 1.165) is 26.3 Å². The van der Waals surface area contributed by atoms with Crippen molar-refractivity contribution < 1.29 is 8.78 Å². The predicted molar refractivity (Wildman–Crippen MR) is 61.5 cm³/mol. The van der Waals surface area contributed by atoms with Crippen molar-refractivity contribution in [2.45, 2.75) is 64.7 Å². The maximum absolute atomic E-state index is 12.4. The van der Waals surface area contributed by atoms with Gasteiger partial charge in [0.15, 0.2) is 0 Å². The fourth-order valence-electron chi connectivity index (χ4n) is 1.51. The molecule has 3 heteroatoms. The van der Waals surface area contributed by atoms with Crippen LogP contribution >= 0.6 is 0 Å². The van der Waals surface area contributed by atoms with Gasteiger partial charge in [-0.15, -0.1) is 0 Å². The van der Waals surface area contributed by atoms with Crippen LogP contribution in [-0.4, -0.2) is 19.0 Å². The number of hydrogen-bond donors (Lipinski definition) is 1. The van der Waals surface area contributed by atoms with E-state index in [1.165, 1.54) is 32.1 Å². The molecule has 0 amide bonds. The maximum atomic E-state index is 12.4. The van der Waals surface area contributed by atoms with Crippen LogP contribution in [0.4, 0.5) is 8.78 Å². The van der Waals surface area contributed by atoms with Crippen LogP contribution in [0.25, 0.3) is 0 Å². The quantitative estimate of drug-likeness (QED) is 0.550. The molecule has 0 unspecified atom stereocenters. The van der Waals surface area contributed by atoms with E-state index in [4.69, 9.17) is 0 Å². The highest BCUT2D eigenvalue weighted by atomic mass is 19.3. The first kappa shape index (κ1) is 14.8. The smallest absolute Gasteiger partial charge is 0.257 e. The van der Waals surface area contributed by atoms with Gasteiger partial charge < -0.3 is 5.32 Å². The van der Waals surface area contributed by atoms with E-state index >= 15 is 0 Å². The molecule has 0 aliphatic rings. The molecule has 0 aromatic carbocycles. The second kappa shape index (κ2) is 9.08. The predicted octanol–water partition coefficient (Wildman–Crippen LogP) is 3.98. The van der Waals surface area contributed by atoms with Crippen LogP contribution in [0.2, 0.25) is 0 Å². The van der Waals surface area contributed by atoms with Gasteiger partial charge in [-0.3, -0.25) is 0 Å². The van der Waals surface area contributed by atoms with Crippen LogP contribution in [0.5, 0.6) is 0 Å². The summed E-state index contributed by atoms with van der Waals surface area (Å²) in [6.45, 7) is 3.68. The van der Waals surface area contributed by atoms with Gasteiger partial charge in [-0.1, -0.05) is 45.4 Å². The highest BCUT2D eigenvalue weighted by molar-refractivity contribution is 4.61. The van der Waals surface area contributed by atoms with Gasteiger partial charge in [-0.05, 0) is 13.0 Å². The first-order valence-corrected chi connectivity index (χ1v) is 6.15. The lowest BCUT2D eigenvalue weighted by Crippen LogP contribution is -2.30. The lowest BCUT2D eigenvalue weighted by molar-refractivity contribution is 0.0228. The summed E-state index contributed by atoms with van der Waals surface area (Å²) in [6.07, 6.45) is 8.61. The molecule has 1 N–H and O–H groups in total. The van der Waals surface area contributed by atoms with Gasteiger partial charge in [0, 0.05) is 6.92 Å². The fraction of sp³-hybridized carbons (Fsp3) is 1.00. The van der Waals surface area contributed by atoms with Gasteiger partial charge >= 0.3 is 0 Å². The highest BCUT2D eigenvalue weighted by Gasteiger charge is 2.19. The summed E-state index contributed by atoms with van der Waals surface area (Å²) in [5.41, 5.74) is 0. The second-order valence-corrected chi connectivity index (χ2v) is 4.37. The molecule has 0 fully saturated rings. The Morgan fingerprint density at radius 3 is 2.00 bits per heavy atom. The van der Waals surface area contributed by atoms with Gasteiger partial charge in [0.05, 0.1) is 6.54 Å². The van der Waals surface area contributed by atoms with E-state index < -0.39 is 5.92 Å². The molecule has 0 atom stereocenters. The molecule has 0 bridgehead atoms. The van der Waals surface area contributed by atoms with Crippen LogP contribution in [0, 0.1) is 0 Å². The zero-order valence-corrected chi connectivity index (χ0v) is 10.1. The van der Waals surface area contributed by atoms with Crippen LogP contribution in [-0.2, 0) is 0 Å². The molecule has 92 valence electrons. The Balaban J connectivity index is 2.99. The zero-order chi connectivity index (χ0) is 11.6. The first-order valence-electron chi connectivity index (χ1n) is 6.15. The van der Waals surface area contributed by atoms with E-state index in [-0.39, 0.29) is 6.54 Å². The molecular weight excluding hydrogens is 196 g/mol. The third-order valence-electron chi connectivity index (χ3n) is 2.39. The van der Waals surface area contributed by atoms with E-state index in [2.05, 4.69) is 12.2 Å².